The second kappa shape index (κ2) is 12.8. The van der Waals surface area contributed by atoms with Crippen molar-refractivity contribution in [3.8, 4) is 12.1 Å². The number of rotatable bonds is 7. The number of piperazine rings is 1. The smallest absolute Gasteiger partial charge is 0.318 e. The zero-order valence-corrected chi connectivity index (χ0v) is 25.2. The first kappa shape index (κ1) is 29.2. The van der Waals surface area contributed by atoms with E-state index in [9.17, 15) is 10.1 Å². The van der Waals surface area contributed by atoms with Crippen LogP contribution < -0.4 is 14.5 Å². The summed E-state index contributed by atoms with van der Waals surface area (Å²) in [5.74, 6) is 0.654. The van der Waals surface area contributed by atoms with Crippen molar-refractivity contribution in [2.75, 3.05) is 69.3 Å². The van der Waals surface area contributed by atoms with Crippen LogP contribution in [0.15, 0.2) is 49.1 Å². The number of likely N-dealkylation sites (N-methyl/N-ethyl adjacent to an activating group) is 1. The summed E-state index contributed by atoms with van der Waals surface area (Å²) < 4.78 is 12.1. The maximum absolute atomic E-state index is 12.5. The van der Waals surface area contributed by atoms with Gasteiger partial charge in [-0.1, -0.05) is 42.4 Å². The van der Waals surface area contributed by atoms with Crippen molar-refractivity contribution in [1.82, 2.24) is 19.8 Å². The van der Waals surface area contributed by atoms with Gasteiger partial charge in [0.15, 0.2) is 0 Å². The molecule has 0 saturated carbocycles. The highest BCUT2D eigenvalue weighted by Crippen LogP contribution is 2.37. The third-order valence-electron chi connectivity index (χ3n) is 8.50. The Labute approximate surface area is 257 Å². The number of carbonyl (C=O) groups is 1. The van der Waals surface area contributed by atoms with E-state index in [2.05, 4.69) is 58.7 Å². The standard InChI is InChI=1S/C32H36ClN7O3/c1-3-29(41)40-15-14-39(18-23(40)10-12-34)31-25-11-13-38(28-9-5-7-22-6-4-8-26(33)30(22)28)20-27(25)35-32(36-31)43-21-24-19-37(2)16-17-42-24/h3-9,23-24H,1,10-11,13-21H2,2H3/t23-,24+/m0/s1. The van der Waals surface area contributed by atoms with Gasteiger partial charge < -0.3 is 29.1 Å². The van der Waals surface area contributed by atoms with Crippen molar-refractivity contribution < 1.29 is 14.3 Å². The quantitative estimate of drug-likeness (QED) is 0.376. The fourth-order valence-electron chi connectivity index (χ4n) is 6.33. The first-order valence-electron chi connectivity index (χ1n) is 14.7. The van der Waals surface area contributed by atoms with Crippen LogP contribution in [0.5, 0.6) is 6.01 Å². The number of ether oxygens (including phenoxy) is 2. The summed E-state index contributed by atoms with van der Waals surface area (Å²) in [6.45, 7) is 9.25. The van der Waals surface area contributed by atoms with E-state index in [1.807, 2.05) is 12.1 Å². The molecule has 2 aromatic carbocycles. The molecule has 224 valence electrons. The van der Waals surface area contributed by atoms with E-state index in [1.54, 1.807) is 4.90 Å². The highest BCUT2D eigenvalue weighted by Gasteiger charge is 2.33. The molecule has 0 bridgehead atoms. The molecule has 3 aliphatic rings. The van der Waals surface area contributed by atoms with Gasteiger partial charge in [0.25, 0.3) is 0 Å². The SMILES string of the molecule is C=CC(=O)N1CCN(c2nc(OC[C@H]3CN(C)CCO3)nc3c2CCN(c2cccc4cccc(Cl)c24)C3)C[C@@H]1CC#N. The molecule has 1 aromatic heterocycles. The second-order valence-corrected chi connectivity index (χ2v) is 11.7. The van der Waals surface area contributed by atoms with Crippen LogP contribution in [0.4, 0.5) is 11.5 Å². The van der Waals surface area contributed by atoms with Crippen LogP contribution >= 0.6 is 11.6 Å². The lowest BCUT2D eigenvalue weighted by Gasteiger charge is -2.42. The predicted octanol–water partition coefficient (Wildman–Crippen LogP) is 3.67. The zero-order chi connectivity index (χ0) is 29.9. The number of benzene rings is 2. The van der Waals surface area contributed by atoms with Gasteiger partial charge in [-0.25, -0.2) is 0 Å². The Morgan fingerprint density at radius 3 is 2.79 bits per heavy atom. The van der Waals surface area contributed by atoms with Crippen LogP contribution in [0.1, 0.15) is 17.7 Å². The summed E-state index contributed by atoms with van der Waals surface area (Å²) in [4.78, 5) is 30.9. The third kappa shape index (κ3) is 6.11. The number of morpholine rings is 1. The van der Waals surface area contributed by atoms with Crippen LogP contribution in [0, 0.1) is 11.3 Å². The van der Waals surface area contributed by atoms with Gasteiger partial charge >= 0.3 is 6.01 Å². The van der Waals surface area contributed by atoms with E-state index >= 15 is 0 Å². The number of hydrogen-bond donors (Lipinski definition) is 0. The summed E-state index contributed by atoms with van der Waals surface area (Å²) in [7, 11) is 2.07. The maximum atomic E-state index is 12.5. The number of carbonyl (C=O) groups excluding carboxylic acids is 1. The molecule has 10 nitrogen and oxygen atoms in total. The van der Waals surface area contributed by atoms with Crippen LogP contribution in [-0.4, -0.2) is 97.4 Å². The van der Waals surface area contributed by atoms with Crippen LogP contribution in [0.2, 0.25) is 5.02 Å². The van der Waals surface area contributed by atoms with E-state index < -0.39 is 0 Å². The molecule has 2 saturated heterocycles. The Balaban J connectivity index is 1.33. The van der Waals surface area contributed by atoms with E-state index in [4.69, 9.17) is 31.0 Å². The summed E-state index contributed by atoms with van der Waals surface area (Å²) in [5, 5.41) is 12.4. The molecule has 43 heavy (non-hydrogen) atoms. The number of amides is 1. The van der Waals surface area contributed by atoms with Crippen molar-refractivity contribution in [3.63, 3.8) is 0 Å². The molecule has 0 N–H and O–H groups in total. The van der Waals surface area contributed by atoms with Crippen molar-refractivity contribution >= 4 is 39.8 Å². The molecule has 3 aromatic rings. The van der Waals surface area contributed by atoms with Crippen LogP contribution in [-0.2, 0) is 22.5 Å². The van der Waals surface area contributed by atoms with Crippen LogP contribution in [0.3, 0.4) is 0 Å². The van der Waals surface area contributed by atoms with Gasteiger partial charge in [0.05, 0.1) is 42.4 Å². The number of anilines is 2. The molecular weight excluding hydrogens is 566 g/mol. The number of nitriles is 1. The Morgan fingerprint density at radius 2 is 2.00 bits per heavy atom. The van der Waals surface area contributed by atoms with Gasteiger partial charge in [-0.05, 0) is 37.1 Å². The van der Waals surface area contributed by atoms with E-state index in [0.29, 0.717) is 45.4 Å². The lowest BCUT2D eigenvalue weighted by atomic mass is 10.0. The average Bonchev–Trinajstić information content (AvgIpc) is 3.03. The molecule has 11 heteroatoms. The molecule has 1 amide bonds. The average molecular weight is 602 g/mol. The highest BCUT2D eigenvalue weighted by atomic mass is 35.5. The molecule has 6 rings (SSSR count). The Morgan fingerprint density at radius 1 is 1.16 bits per heavy atom. The summed E-state index contributed by atoms with van der Waals surface area (Å²) in [6.07, 6.45) is 2.22. The van der Waals surface area contributed by atoms with Gasteiger partial charge in [0.2, 0.25) is 5.91 Å². The number of fused-ring (bicyclic) bond motifs is 2. The van der Waals surface area contributed by atoms with Crippen molar-refractivity contribution in [2.24, 2.45) is 0 Å². The van der Waals surface area contributed by atoms with E-state index in [0.717, 1.165) is 64.6 Å². The van der Waals surface area contributed by atoms with Gasteiger partial charge in [-0.15, -0.1) is 0 Å². The zero-order valence-electron chi connectivity index (χ0n) is 24.4. The Hall–Kier alpha value is -3.91. The minimum absolute atomic E-state index is 0.0652. The first-order valence-corrected chi connectivity index (χ1v) is 15.1. The normalized spacial score (nSPS) is 20.9. The molecule has 0 spiro atoms. The predicted molar refractivity (Wildman–Crippen MR) is 167 cm³/mol. The molecule has 3 aliphatic heterocycles. The van der Waals surface area contributed by atoms with Crippen molar-refractivity contribution in [2.45, 2.75) is 31.5 Å². The van der Waals surface area contributed by atoms with E-state index in [-0.39, 0.29) is 24.5 Å². The monoisotopic (exact) mass is 601 g/mol. The molecular formula is C32H36ClN7O3. The molecule has 0 radical (unpaired) electrons. The van der Waals surface area contributed by atoms with Crippen molar-refractivity contribution in [3.05, 3.63) is 65.3 Å². The van der Waals surface area contributed by atoms with Crippen LogP contribution in [0.25, 0.3) is 10.8 Å². The highest BCUT2D eigenvalue weighted by molar-refractivity contribution is 6.36. The minimum atomic E-state index is -0.261. The third-order valence-corrected chi connectivity index (χ3v) is 8.82. The Bertz CT molecular complexity index is 1550. The summed E-state index contributed by atoms with van der Waals surface area (Å²) >= 11 is 6.69. The largest absolute Gasteiger partial charge is 0.461 e. The van der Waals surface area contributed by atoms with Gasteiger partial charge in [0.1, 0.15) is 18.5 Å². The minimum Gasteiger partial charge on any atom is -0.461 e. The molecule has 4 heterocycles. The number of halogens is 1. The fraction of sp³-hybridized carbons (Fsp3) is 0.438. The number of nitrogens with zero attached hydrogens (tertiary/aromatic N) is 7. The Kier molecular flexibility index (Phi) is 8.66. The maximum Gasteiger partial charge on any atom is 0.318 e. The molecule has 2 fully saturated rings. The lowest BCUT2D eigenvalue weighted by Crippen LogP contribution is -2.55. The number of hydrogen-bond acceptors (Lipinski definition) is 9. The molecule has 0 unspecified atom stereocenters. The van der Waals surface area contributed by atoms with Gasteiger partial charge in [0, 0.05) is 55.9 Å². The van der Waals surface area contributed by atoms with Gasteiger partial charge in [-0.3, -0.25) is 4.79 Å². The molecule has 0 aliphatic carbocycles. The van der Waals surface area contributed by atoms with Crippen molar-refractivity contribution in [1.29, 1.82) is 5.26 Å². The topological polar surface area (TPSA) is 98.1 Å². The van der Waals surface area contributed by atoms with Gasteiger partial charge in [-0.2, -0.15) is 15.2 Å². The second-order valence-electron chi connectivity index (χ2n) is 11.3. The fourth-order valence-corrected chi connectivity index (χ4v) is 6.61. The lowest BCUT2D eigenvalue weighted by molar-refractivity contribution is -0.128. The molecule has 2 atom stereocenters. The summed E-state index contributed by atoms with van der Waals surface area (Å²) in [5.41, 5.74) is 3.04. The van der Waals surface area contributed by atoms with E-state index in [1.165, 1.54) is 6.08 Å². The number of aromatic nitrogens is 2. The summed E-state index contributed by atoms with van der Waals surface area (Å²) in [6, 6.07) is 14.5. The first-order chi connectivity index (χ1) is 20.9.